The van der Waals surface area contributed by atoms with Gasteiger partial charge in [-0.05, 0) is 30.5 Å². The van der Waals surface area contributed by atoms with Gasteiger partial charge in [0.2, 0.25) is 5.79 Å². The van der Waals surface area contributed by atoms with Gasteiger partial charge in [0.25, 0.3) is 0 Å². The van der Waals surface area contributed by atoms with Crippen molar-refractivity contribution in [3.8, 4) is 0 Å². The lowest BCUT2D eigenvalue weighted by molar-refractivity contribution is -0.237. The zero-order chi connectivity index (χ0) is 16.9. The predicted molar refractivity (Wildman–Crippen MR) is 88.5 cm³/mol. The van der Waals surface area contributed by atoms with Crippen molar-refractivity contribution in [2.45, 2.75) is 50.2 Å². The minimum absolute atomic E-state index is 0.0247. The average molecular weight is 347 g/mol. The van der Waals surface area contributed by atoms with E-state index in [4.69, 9.17) is 16.3 Å². The van der Waals surface area contributed by atoms with E-state index in [0.29, 0.717) is 48.5 Å². The molecule has 1 saturated carbocycles. The molecule has 0 saturated heterocycles. The molecule has 24 heavy (non-hydrogen) atoms. The molecule has 5 heteroatoms. The predicted octanol–water partition coefficient (Wildman–Crippen LogP) is 3.52. The molecule has 1 fully saturated rings. The van der Waals surface area contributed by atoms with Gasteiger partial charge in [0, 0.05) is 42.2 Å². The summed E-state index contributed by atoms with van der Waals surface area (Å²) in [6.45, 7) is 0. The molecule has 4 rings (SSSR count). The molecule has 0 amide bonds. The highest BCUT2D eigenvalue weighted by molar-refractivity contribution is 6.30. The lowest BCUT2D eigenvalue weighted by Crippen LogP contribution is -2.54. The molecule has 0 aromatic heterocycles. The average Bonchev–Trinajstić information content (AvgIpc) is 2.54. The SMILES string of the molecule is O=C1CCCC2=C1[C@@H](c1ccc(Cl)cc1)[C@@H]1C(=O)CCC[C@@]1(O)O2. The number of aliphatic hydroxyl groups is 1. The van der Waals surface area contributed by atoms with Gasteiger partial charge in [-0.1, -0.05) is 23.7 Å². The Morgan fingerprint density at radius 3 is 2.58 bits per heavy atom. The first kappa shape index (κ1) is 15.9. The van der Waals surface area contributed by atoms with E-state index < -0.39 is 17.6 Å². The molecule has 126 valence electrons. The zero-order valence-corrected chi connectivity index (χ0v) is 14.0. The van der Waals surface area contributed by atoms with Crippen LogP contribution in [-0.2, 0) is 14.3 Å². The summed E-state index contributed by atoms with van der Waals surface area (Å²) in [6, 6.07) is 7.19. The van der Waals surface area contributed by atoms with Gasteiger partial charge in [0.15, 0.2) is 5.78 Å². The normalized spacial score (nSPS) is 32.9. The van der Waals surface area contributed by atoms with Crippen LogP contribution >= 0.6 is 11.6 Å². The number of ketones is 2. The van der Waals surface area contributed by atoms with E-state index in [0.717, 1.165) is 12.0 Å². The summed E-state index contributed by atoms with van der Waals surface area (Å²) in [5, 5.41) is 11.7. The van der Waals surface area contributed by atoms with E-state index in [2.05, 4.69) is 0 Å². The summed E-state index contributed by atoms with van der Waals surface area (Å²) in [7, 11) is 0. The number of rotatable bonds is 1. The Hall–Kier alpha value is -1.65. The smallest absolute Gasteiger partial charge is 0.218 e. The van der Waals surface area contributed by atoms with Gasteiger partial charge < -0.3 is 9.84 Å². The van der Waals surface area contributed by atoms with Crippen LogP contribution in [0.3, 0.4) is 0 Å². The van der Waals surface area contributed by atoms with E-state index in [1.807, 2.05) is 12.1 Å². The second kappa shape index (κ2) is 5.71. The number of hydrogen-bond donors (Lipinski definition) is 1. The summed E-state index contributed by atoms with van der Waals surface area (Å²) in [6.07, 6.45) is 3.26. The van der Waals surface area contributed by atoms with Gasteiger partial charge in [-0.15, -0.1) is 0 Å². The minimum Gasteiger partial charge on any atom is -0.466 e. The fourth-order valence-corrected chi connectivity index (χ4v) is 4.46. The fraction of sp³-hybridized carbons (Fsp3) is 0.474. The van der Waals surface area contributed by atoms with Crippen molar-refractivity contribution < 1.29 is 19.4 Å². The number of ether oxygens (including phenoxy) is 1. The maximum absolute atomic E-state index is 12.7. The van der Waals surface area contributed by atoms with E-state index in [1.165, 1.54) is 0 Å². The molecule has 1 aromatic rings. The van der Waals surface area contributed by atoms with Crippen LogP contribution in [0.1, 0.15) is 50.0 Å². The molecule has 3 aliphatic rings. The van der Waals surface area contributed by atoms with Gasteiger partial charge in [-0.25, -0.2) is 0 Å². The Bertz CT molecular complexity index is 736. The summed E-state index contributed by atoms with van der Waals surface area (Å²) >= 11 is 5.99. The van der Waals surface area contributed by atoms with Gasteiger partial charge in [0.1, 0.15) is 11.5 Å². The second-order valence-corrected chi connectivity index (χ2v) is 7.32. The molecule has 0 radical (unpaired) electrons. The number of carbonyl (C=O) groups excluding carboxylic acids is 2. The first-order chi connectivity index (χ1) is 11.5. The lowest BCUT2D eigenvalue weighted by Gasteiger charge is -2.48. The Kier molecular flexibility index (Phi) is 3.77. The standard InChI is InChI=1S/C19H19ClO4/c20-12-8-6-11(7-9-12)16-17-13(21)3-1-5-15(17)24-19(23)10-2-4-14(22)18(16)19/h6-9,16,18,23H,1-5,10H2/t16-,18+,19-/m1/s1. The number of halogens is 1. The fourth-order valence-electron chi connectivity index (χ4n) is 4.34. The third-order valence-electron chi connectivity index (χ3n) is 5.37. The van der Waals surface area contributed by atoms with Crippen LogP contribution in [0.4, 0.5) is 0 Å². The Balaban J connectivity index is 1.90. The van der Waals surface area contributed by atoms with Crippen LogP contribution in [0, 0.1) is 5.92 Å². The van der Waals surface area contributed by atoms with Gasteiger partial charge >= 0.3 is 0 Å². The minimum atomic E-state index is -1.50. The lowest BCUT2D eigenvalue weighted by atomic mass is 9.65. The summed E-state index contributed by atoms with van der Waals surface area (Å²) < 4.78 is 5.87. The highest BCUT2D eigenvalue weighted by Gasteiger charge is 2.56. The van der Waals surface area contributed by atoms with Crippen molar-refractivity contribution >= 4 is 23.2 Å². The maximum atomic E-state index is 12.7. The summed E-state index contributed by atoms with van der Waals surface area (Å²) in [4.78, 5) is 25.3. The molecule has 2 aliphatic carbocycles. The first-order valence-corrected chi connectivity index (χ1v) is 8.83. The molecule has 1 aliphatic heterocycles. The van der Waals surface area contributed by atoms with Crippen LogP contribution in [0.25, 0.3) is 0 Å². The maximum Gasteiger partial charge on any atom is 0.218 e. The van der Waals surface area contributed by atoms with Crippen molar-refractivity contribution in [1.29, 1.82) is 0 Å². The largest absolute Gasteiger partial charge is 0.466 e. The molecule has 1 N–H and O–H groups in total. The number of Topliss-reactive ketones (excluding diaryl/α,β-unsaturated/α-hetero) is 2. The summed E-state index contributed by atoms with van der Waals surface area (Å²) in [5.74, 6) is -2.12. The number of fused-ring (bicyclic) bond motifs is 1. The van der Waals surface area contributed by atoms with E-state index in [1.54, 1.807) is 12.1 Å². The van der Waals surface area contributed by atoms with Crippen molar-refractivity contribution in [3.05, 3.63) is 46.2 Å². The van der Waals surface area contributed by atoms with Gasteiger partial charge in [-0.3, -0.25) is 9.59 Å². The molecular weight excluding hydrogens is 328 g/mol. The summed E-state index contributed by atoms with van der Waals surface area (Å²) in [5.41, 5.74) is 1.41. The molecule has 4 nitrogen and oxygen atoms in total. The quantitative estimate of drug-likeness (QED) is 0.845. The Labute approximate surface area is 145 Å². The van der Waals surface area contributed by atoms with E-state index in [9.17, 15) is 14.7 Å². The molecule has 0 spiro atoms. The first-order valence-electron chi connectivity index (χ1n) is 8.45. The number of benzene rings is 1. The van der Waals surface area contributed by atoms with Crippen molar-refractivity contribution in [2.24, 2.45) is 5.92 Å². The Morgan fingerprint density at radius 2 is 1.83 bits per heavy atom. The van der Waals surface area contributed by atoms with Crippen LogP contribution in [0.2, 0.25) is 5.02 Å². The van der Waals surface area contributed by atoms with Gasteiger partial charge in [0.05, 0.1) is 5.92 Å². The third kappa shape index (κ3) is 2.40. The zero-order valence-electron chi connectivity index (χ0n) is 13.3. The van der Waals surface area contributed by atoms with E-state index in [-0.39, 0.29) is 11.6 Å². The van der Waals surface area contributed by atoms with Crippen molar-refractivity contribution in [2.75, 3.05) is 0 Å². The van der Waals surface area contributed by atoms with Crippen molar-refractivity contribution in [1.82, 2.24) is 0 Å². The molecule has 0 bridgehead atoms. The monoisotopic (exact) mass is 346 g/mol. The van der Waals surface area contributed by atoms with E-state index >= 15 is 0 Å². The number of allylic oxidation sites excluding steroid dienone is 2. The van der Waals surface area contributed by atoms with Crippen LogP contribution in [0.15, 0.2) is 35.6 Å². The highest BCUT2D eigenvalue weighted by atomic mass is 35.5. The Morgan fingerprint density at radius 1 is 1.08 bits per heavy atom. The topological polar surface area (TPSA) is 63.6 Å². The second-order valence-electron chi connectivity index (χ2n) is 6.89. The van der Waals surface area contributed by atoms with Crippen LogP contribution in [-0.4, -0.2) is 22.5 Å². The molecule has 1 heterocycles. The number of hydrogen-bond acceptors (Lipinski definition) is 4. The highest BCUT2D eigenvalue weighted by Crippen LogP contribution is 2.52. The molecule has 3 atom stereocenters. The molecule has 1 aromatic carbocycles. The molecular formula is C19H19ClO4. The van der Waals surface area contributed by atoms with Crippen molar-refractivity contribution in [3.63, 3.8) is 0 Å². The molecule has 0 unspecified atom stereocenters. The van der Waals surface area contributed by atoms with Crippen LogP contribution < -0.4 is 0 Å². The van der Waals surface area contributed by atoms with Gasteiger partial charge in [-0.2, -0.15) is 0 Å². The third-order valence-corrected chi connectivity index (χ3v) is 5.62. The van der Waals surface area contributed by atoms with Crippen LogP contribution in [0.5, 0.6) is 0 Å². The number of carbonyl (C=O) groups is 2.